The minimum atomic E-state index is -0.362. The van der Waals surface area contributed by atoms with E-state index in [0.717, 1.165) is 11.4 Å². The number of likely N-dealkylation sites (tertiary alicyclic amines) is 1. The highest BCUT2D eigenvalue weighted by molar-refractivity contribution is 5.84. The number of nitrogens with zero attached hydrogens (tertiary/aromatic N) is 4. The van der Waals surface area contributed by atoms with Crippen LogP contribution in [0.25, 0.3) is 5.69 Å². The summed E-state index contributed by atoms with van der Waals surface area (Å²) >= 11 is 0. The molecule has 1 aromatic heterocycles. The van der Waals surface area contributed by atoms with Gasteiger partial charge in [0.05, 0.1) is 30.5 Å². The molecule has 2 aromatic rings. The lowest BCUT2D eigenvalue weighted by atomic mass is 10.1. The average molecular weight is 383 g/mol. The van der Waals surface area contributed by atoms with Gasteiger partial charge in [-0.3, -0.25) is 14.5 Å². The highest BCUT2D eigenvalue weighted by atomic mass is 16.5. The fourth-order valence-electron chi connectivity index (χ4n) is 3.92. The summed E-state index contributed by atoms with van der Waals surface area (Å²) in [5, 5.41) is 4.44. The zero-order chi connectivity index (χ0) is 19.5. The minimum Gasteiger partial charge on any atom is -0.378 e. The normalized spacial score (nSPS) is 23.1. The standard InChI is InChI=1S/C20H25N5O3/c21-19(26)15-7-9-24(12-15)20(27)18-14-28-11-10-23(18)13-17-6-8-22-25(17)16-4-2-1-3-5-16/h1-6,8,15,18H,7,9-14H2,(H2,21,26)/t15-,18?/m0/s1. The van der Waals surface area contributed by atoms with Crippen LogP contribution in [0.4, 0.5) is 0 Å². The van der Waals surface area contributed by atoms with Crippen LogP contribution in [0, 0.1) is 5.92 Å². The molecule has 8 heteroatoms. The van der Waals surface area contributed by atoms with Crippen LogP contribution in [0.15, 0.2) is 42.6 Å². The number of para-hydroxylation sites is 1. The van der Waals surface area contributed by atoms with Crippen LogP contribution in [0.2, 0.25) is 0 Å². The molecule has 2 fully saturated rings. The van der Waals surface area contributed by atoms with E-state index in [9.17, 15) is 9.59 Å². The van der Waals surface area contributed by atoms with E-state index in [1.807, 2.05) is 41.1 Å². The van der Waals surface area contributed by atoms with Gasteiger partial charge in [0.15, 0.2) is 0 Å². The van der Waals surface area contributed by atoms with Crippen molar-refractivity contribution >= 4 is 11.8 Å². The first-order chi connectivity index (χ1) is 13.6. The third kappa shape index (κ3) is 3.79. The van der Waals surface area contributed by atoms with E-state index in [-0.39, 0.29) is 23.8 Å². The van der Waals surface area contributed by atoms with Gasteiger partial charge in [0.25, 0.3) is 0 Å². The Kier molecular flexibility index (Phi) is 5.40. The zero-order valence-corrected chi connectivity index (χ0v) is 15.7. The molecule has 0 radical (unpaired) electrons. The van der Waals surface area contributed by atoms with E-state index in [0.29, 0.717) is 45.8 Å². The monoisotopic (exact) mass is 383 g/mol. The number of hydrogen-bond acceptors (Lipinski definition) is 5. The number of carbonyl (C=O) groups excluding carboxylic acids is 2. The quantitative estimate of drug-likeness (QED) is 0.807. The van der Waals surface area contributed by atoms with Crippen molar-refractivity contribution < 1.29 is 14.3 Å². The predicted molar refractivity (Wildman–Crippen MR) is 102 cm³/mol. The van der Waals surface area contributed by atoms with E-state index in [4.69, 9.17) is 10.5 Å². The summed E-state index contributed by atoms with van der Waals surface area (Å²) in [5.74, 6) is -0.575. The Morgan fingerprint density at radius 1 is 1.18 bits per heavy atom. The first kappa shape index (κ1) is 18.6. The minimum absolute atomic E-state index is 0.00854. The van der Waals surface area contributed by atoms with Crippen molar-refractivity contribution in [3.05, 3.63) is 48.3 Å². The summed E-state index contributed by atoms with van der Waals surface area (Å²) in [4.78, 5) is 28.4. The molecule has 0 aliphatic carbocycles. The number of primary amides is 1. The smallest absolute Gasteiger partial charge is 0.242 e. The highest BCUT2D eigenvalue weighted by Gasteiger charge is 2.37. The molecule has 2 saturated heterocycles. The topological polar surface area (TPSA) is 93.7 Å². The molecule has 2 N–H and O–H groups in total. The Labute approximate surface area is 163 Å². The molecule has 3 heterocycles. The molecule has 0 bridgehead atoms. The summed E-state index contributed by atoms with van der Waals surface area (Å²) in [5.41, 5.74) is 7.41. The first-order valence-corrected chi connectivity index (χ1v) is 9.61. The molecular weight excluding hydrogens is 358 g/mol. The van der Waals surface area contributed by atoms with E-state index < -0.39 is 0 Å². The number of ether oxygens (including phenoxy) is 1. The number of benzene rings is 1. The molecule has 1 aromatic carbocycles. The van der Waals surface area contributed by atoms with Crippen LogP contribution < -0.4 is 5.73 Å². The summed E-state index contributed by atoms with van der Waals surface area (Å²) < 4.78 is 7.50. The van der Waals surface area contributed by atoms with Crippen LogP contribution in [0.1, 0.15) is 12.1 Å². The van der Waals surface area contributed by atoms with Gasteiger partial charge in [-0.1, -0.05) is 18.2 Å². The second kappa shape index (κ2) is 8.12. The molecule has 0 saturated carbocycles. The second-order valence-electron chi connectivity index (χ2n) is 7.30. The third-order valence-electron chi connectivity index (χ3n) is 5.51. The Morgan fingerprint density at radius 2 is 2.00 bits per heavy atom. The molecule has 28 heavy (non-hydrogen) atoms. The van der Waals surface area contributed by atoms with Gasteiger partial charge >= 0.3 is 0 Å². The van der Waals surface area contributed by atoms with Gasteiger partial charge in [0, 0.05) is 32.4 Å². The molecule has 1 unspecified atom stereocenters. The predicted octanol–water partition coefficient (Wildman–Crippen LogP) is 0.407. The molecule has 2 amide bonds. The van der Waals surface area contributed by atoms with Crippen molar-refractivity contribution in [1.29, 1.82) is 0 Å². The van der Waals surface area contributed by atoms with Gasteiger partial charge in [0.2, 0.25) is 11.8 Å². The maximum absolute atomic E-state index is 13.1. The van der Waals surface area contributed by atoms with Crippen molar-refractivity contribution in [2.45, 2.75) is 19.0 Å². The summed E-state index contributed by atoms with van der Waals surface area (Å²) in [6.07, 6.45) is 2.41. The van der Waals surface area contributed by atoms with Gasteiger partial charge in [0.1, 0.15) is 6.04 Å². The molecular formula is C20H25N5O3. The van der Waals surface area contributed by atoms with Crippen molar-refractivity contribution in [2.75, 3.05) is 32.8 Å². The van der Waals surface area contributed by atoms with Gasteiger partial charge in [-0.05, 0) is 24.6 Å². The number of nitrogens with two attached hydrogens (primary N) is 1. The van der Waals surface area contributed by atoms with Crippen molar-refractivity contribution in [3.8, 4) is 5.69 Å². The molecule has 2 aliphatic heterocycles. The Hall–Kier alpha value is -2.71. The summed E-state index contributed by atoms with van der Waals surface area (Å²) in [6.45, 7) is 3.19. The lowest BCUT2D eigenvalue weighted by Gasteiger charge is -2.36. The Morgan fingerprint density at radius 3 is 2.75 bits per heavy atom. The lowest BCUT2D eigenvalue weighted by molar-refractivity contribution is -0.142. The first-order valence-electron chi connectivity index (χ1n) is 9.61. The number of aromatic nitrogens is 2. The van der Waals surface area contributed by atoms with Gasteiger partial charge in [-0.2, -0.15) is 5.10 Å². The summed E-state index contributed by atoms with van der Waals surface area (Å²) in [6, 6.07) is 11.6. The zero-order valence-electron chi connectivity index (χ0n) is 15.7. The average Bonchev–Trinajstić information content (AvgIpc) is 3.38. The van der Waals surface area contributed by atoms with Crippen molar-refractivity contribution in [1.82, 2.24) is 19.6 Å². The number of amides is 2. The van der Waals surface area contributed by atoms with Crippen molar-refractivity contribution in [2.24, 2.45) is 11.7 Å². The maximum Gasteiger partial charge on any atom is 0.242 e. The second-order valence-corrected chi connectivity index (χ2v) is 7.30. The van der Waals surface area contributed by atoms with Gasteiger partial charge in [-0.15, -0.1) is 0 Å². The highest BCUT2D eigenvalue weighted by Crippen LogP contribution is 2.21. The van der Waals surface area contributed by atoms with Gasteiger partial charge in [-0.25, -0.2) is 4.68 Å². The number of rotatable bonds is 5. The number of carbonyl (C=O) groups is 2. The maximum atomic E-state index is 13.1. The molecule has 4 rings (SSSR count). The molecule has 2 atom stereocenters. The number of morpholine rings is 1. The third-order valence-corrected chi connectivity index (χ3v) is 5.51. The van der Waals surface area contributed by atoms with Crippen LogP contribution in [0.5, 0.6) is 0 Å². The fraction of sp³-hybridized carbons (Fsp3) is 0.450. The molecule has 148 valence electrons. The van der Waals surface area contributed by atoms with Crippen LogP contribution in [-0.4, -0.2) is 70.3 Å². The Balaban J connectivity index is 1.49. The summed E-state index contributed by atoms with van der Waals surface area (Å²) in [7, 11) is 0. The SMILES string of the molecule is NC(=O)[C@H]1CCN(C(=O)C2COCCN2Cc2ccnn2-c2ccccc2)C1. The van der Waals surface area contributed by atoms with E-state index >= 15 is 0 Å². The van der Waals surface area contributed by atoms with Crippen LogP contribution in [0.3, 0.4) is 0 Å². The van der Waals surface area contributed by atoms with Crippen LogP contribution >= 0.6 is 0 Å². The van der Waals surface area contributed by atoms with E-state index in [1.54, 1.807) is 11.1 Å². The largest absolute Gasteiger partial charge is 0.378 e. The number of hydrogen-bond donors (Lipinski definition) is 1. The molecule has 2 aliphatic rings. The van der Waals surface area contributed by atoms with E-state index in [2.05, 4.69) is 10.00 Å². The van der Waals surface area contributed by atoms with Gasteiger partial charge < -0.3 is 15.4 Å². The van der Waals surface area contributed by atoms with E-state index in [1.165, 1.54) is 0 Å². The van der Waals surface area contributed by atoms with Crippen molar-refractivity contribution in [3.63, 3.8) is 0 Å². The Bertz CT molecular complexity index is 837. The molecule has 0 spiro atoms. The molecule has 8 nitrogen and oxygen atoms in total. The fourth-order valence-corrected chi connectivity index (χ4v) is 3.92. The lowest BCUT2D eigenvalue weighted by Crippen LogP contribution is -2.54. The van der Waals surface area contributed by atoms with Crippen LogP contribution in [-0.2, 0) is 20.9 Å².